The zero-order chi connectivity index (χ0) is 9.31. The molecule has 0 aliphatic heterocycles. The number of carboxylic acids is 1. The van der Waals surface area contributed by atoms with E-state index in [2.05, 4.69) is 15.2 Å². The molecule has 5 heteroatoms. The molecule has 1 aliphatic rings. The van der Waals surface area contributed by atoms with Crippen LogP contribution in [0.25, 0.3) is 0 Å². The Labute approximate surface area is 75.2 Å². The second-order valence-electron chi connectivity index (χ2n) is 3.55. The number of rotatable bonds is 3. The number of carbonyl (C=O) groups is 1. The van der Waals surface area contributed by atoms with E-state index in [1.165, 1.54) is 6.33 Å². The molecule has 0 amide bonds. The second-order valence-corrected chi connectivity index (χ2v) is 3.55. The van der Waals surface area contributed by atoms with Crippen LogP contribution in [0.4, 0.5) is 0 Å². The number of hydrogen-bond acceptors (Lipinski definition) is 3. The topological polar surface area (TPSA) is 78.9 Å². The number of H-pyrrole nitrogens is 1. The Morgan fingerprint density at radius 2 is 2.46 bits per heavy atom. The number of nitrogens with one attached hydrogen (secondary N) is 1. The van der Waals surface area contributed by atoms with Crippen LogP contribution in [0.5, 0.6) is 0 Å². The first-order valence-electron chi connectivity index (χ1n) is 4.31. The van der Waals surface area contributed by atoms with Gasteiger partial charge in [-0.05, 0) is 12.8 Å². The van der Waals surface area contributed by atoms with Gasteiger partial charge in [-0.2, -0.15) is 5.10 Å². The maximum atomic E-state index is 11.0. The summed E-state index contributed by atoms with van der Waals surface area (Å²) in [6.07, 6.45) is 4.39. The summed E-state index contributed by atoms with van der Waals surface area (Å²) in [5.41, 5.74) is -0.570. The van der Waals surface area contributed by atoms with Crippen LogP contribution in [0.2, 0.25) is 0 Å². The minimum atomic E-state index is -0.713. The van der Waals surface area contributed by atoms with E-state index in [9.17, 15) is 4.79 Å². The highest BCUT2D eigenvalue weighted by Crippen LogP contribution is 2.43. The fraction of sp³-hybridized carbons (Fsp3) is 0.625. The molecule has 2 rings (SSSR count). The van der Waals surface area contributed by atoms with Crippen molar-refractivity contribution in [3.8, 4) is 0 Å². The van der Waals surface area contributed by atoms with Crippen molar-refractivity contribution in [1.29, 1.82) is 0 Å². The van der Waals surface area contributed by atoms with Gasteiger partial charge in [0.05, 0.1) is 5.41 Å². The molecule has 0 bridgehead atoms. The normalized spacial score (nSPS) is 19.4. The van der Waals surface area contributed by atoms with Crippen LogP contribution in [0, 0.1) is 5.41 Å². The van der Waals surface area contributed by atoms with E-state index in [-0.39, 0.29) is 0 Å². The standard InChI is InChI=1S/C8H11N3O2/c12-7(13)8(2-1-3-8)4-6-9-5-10-11-6/h5H,1-4H2,(H,12,13)(H,9,10,11). The lowest BCUT2D eigenvalue weighted by atomic mass is 9.66. The lowest BCUT2D eigenvalue weighted by molar-refractivity contribution is -0.154. The van der Waals surface area contributed by atoms with Crippen molar-refractivity contribution in [1.82, 2.24) is 15.2 Å². The average molecular weight is 181 g/mol. The molecule has 13 heavy (non-hydrogen) atoms. The first kappa shape index (κ1) is 8.22. The summed E-state index contributed by atoms with van der Waals surface area (Å²) in [5, 5.41) is 15.4. The van der Waals surface area contributed by atoms with Crippen LogP contribution in [0.1, 0.15) is 25.1 Å². The third kappa shape index (κ3) is 1.30. The summed E-state index contributed by atoms with van der Waals surface area (Å²) >= 11 is 0. The largest absolute Gasteiger partial charge is 0.481 e. The van der Waals surface area contributed by atoms with E-state index < -0.39 is 11.4 Å². The van der Waals surface area contributed by atoms with Crippen molar-refractivity contribution < 1.29 is 9.90 Å². The minimum Gasteiger partial charge on any atom is -0.481 e. The fourth-order valence-electron chi connectivity index (χ4n) is 1.71. The Kier molecular flexibility index (Phi) is 1.79. The van der Waals surface area contributed by atoms with Crippen molar-refractivity contribution in [2.45, 2.75) is 25.7 Å². The van der Waals surface area contributed by atoms with E-state index in [1.807, 2.05) is 0 Å². The summed E-state index contributed by atoms with van der Waals surface area (Å²) in [6.45, 7) is 0. The van der Waals surface area contributed by atoms with Gasteiger partial charge in [0.15, 0.2) is 0 Å². The Bertz CT molecular complexity index is 303. The summed E-state index contributed by atoms with van der Waals surface area (Å²) < 4.78 is 0. The molecule has 0 spiro atoms. The van der Waals surface area contributed by atoms with Gasteiger partial charge in [-0.1, -0.05) is 6.42 Å². The lowest BCUT2D eigenvalue weighted by Gasteiger charge is -2.36. The lowest BCUT2D eigenvalue weighted by Crippen LogP contribution is -2.40. The molecule has 0 radical (unpaired) electrons. The van der Waals surface area contributed by atoms with E-state index in [0.29, 0.717) is 12.2 Å². The molecule has 1 aromatic rings. The molecule has 0 atom stereocenters. The van der Waals surface area contributed by atoms with E-state index in [0.717, 1.165) is 19.3 Å². The van der Waals surface area contributed by atoms with E-state index in [1.54, 1.807) is 0 Å². The van der Waals surface area contributed by atoms with Gasteiger partial charge < -0.3 is 5.11 Å². The highest BCUT2D eigenvalue weighted by atomic mass is 16.4. The van der Waals surface area contributed by atoms with E-state index >= 15 is 0 Å². The van der Waals surface area contributed by atoms with Gasteiger partial charge in [-0.25, -0.2) is 4.98 Å². The molecule has 0 aromatic carbocycles. The first-order chi connectivity index (χ1) is 6.23. The van der Waals surface area contributed by atoms with Crippen LogP contribution >= 0.6 is 0 Å². The van der Waals surface area contributed by atoms with Crippen molar-refractivity contribution in [2.75, 3.05) is 0 Å². The summed E-state index contributed by atoms with van der Waals surface area (Å²) in [6, 6.07) is 0. The molecule has 5 nitrogen and oxygen atoms in total. The van der Waals surface area contributed by atoms with Crippen molar-refractivity contribution in [3.05, 3.63) is 12.2 Å². The molecule has 1 aromatic heterocycles. The fourth-order valence-corrected chi connectivity index (χ4v) is 1.71. The van der Waals surface area contributed by atoms with Crippen molar-refractivity contribution in [3.63, 3.8) is 0 Å². The van der Waals surface area contributed by atoms with Gasteiger partial charge in [0.25, 0.3) is 0 Å². The molecule has 1 heterocycles. The van der Waals surface area contributed by atoms with Crippen molar-refractivity contribution in [2.24, 2.45) is 5.41 Å². The first-order valence-corrected chi connectivity index (χ1v) is 4.31. The number of hydrogen-bond donors (Lipinski definition) is 2. The quantitative estimate of drug-likeness (QED) is 0.715. The zero-order valence-electron chi connectivity index (χ0n) is 7.16. The predicted octanol–water partition coefficient (Wildman–Crippen LogP) is 0.602. The highest BCUT2D eigenvalue weighted by Gasteiger charge is 2.44. The van der Waals surface area contributed by atoms with E-state index in [4.69, 9.17) is 5.11 Å². The van der Waals surface area contributed by atoms with Crippen LogP contribution < -0.4 is 0 Å². The third-order valence-corrected chi connectivity index (χ3v) is 2.74. The maximum Gasteiger partial charge on any atom is 0.310 e. The van der Waals surface area contributed by atoms with Crippen LogP contribution in [0.3, 0.4) is 0 Å². The zero-order valence-corrected chi connectivity index (χ0v) is 7.16. The monoisotopic (exact) mass is 181 g/mol. The number of carboxylic acid groups (broad SMARTS) is 1. The van der Waals surface area contributed by atoms with Gasteiger partial charge in [0.2, 0.25) is 0 Å². The minimum absolute atomic E-state index is 0.475. The Morgan fingerprint density at radius 3 is 2.85 bits per heavy atom. The Morgan fingerprint density at radius 1 is 1.69 bits per heavy atom. The van der Waals surface area contributed by atoms with Crippen molar-refractivity contribution >= 4 is 5.97 Å². The van der Waals surface area contributed by atoms with Gasteiger partial charge >= 0.3 is 5.97 Å². The van der Waals surface area contributed by atoms with Crippen LogP contribution in [-0.4, -0.2) is 26.3 Å². The maximum absolute atomic E-state index is 11.0. The molecule has 70 valence electrons. The highest BCUT2D eigenvalue weighted by molar-refractivity contribution is 5.76. The Hall–Kier alpha value is -1.39. The van der Waals surface area contributed by atoms with Gasteiger partial charge in [0, 0.05) is 6.42 Å². The molecule has 1 fully saturated rings. The molecule has 1 saturated carbocycles. The van der Waals surface area contributed by atoms with Crippen LogP contribution in [-0.2, 0) is 11.2 Å². The van der Waals surface area contributed by atoms with Gasteiger partial charge in [0.1, 0.15) is 12.2 Å². The predicted molar refractivity (Wildman–Crippen MR) is 44.0 cm³/mol. The summed E-state index contributed by atoms with van der Waals surface area (Å²) in [7, 11) is 0. The molecular formula is C8H11N3O2. The summed E-state index contributed by atoms with van der Waals surface area (Å²) in [4.78, 5) is 14.9. The smallest absolute Gasteiger partial charge is 0.310 e. The third-order valence-electron chi connectivity index (χ3n) is 2.74. The van der Waals surface area contributed by atoms with Gasteiger partial charge in [-0.15, -0.1) is 0 Å². The van der Waals surface area contributed by atoms with Crippen LogP contribution in [0.15, 0.2) is 6.33 Å². The molecule has 0 unspecified atom stereocenters. The number of nitrogens with zero attached hydrogens (tertiary/aromatic N) is 2. The Balaban J connectivity index is 2.11. The number of aromatic nitrogens is 3. The molecule has 0 saturated heterocycles. The molecule has 2 N–H and O–H groups in total. The second kappa shape index (κ2) is 2.83. The molecule has 1 aliphatic carbocycles. The number of aromatic amines is 1. The number of aliphatic carboxylic acids is 1. The molecular weight excluding hydrogens is 170 g/mol. The SMILES string of the molecule is O=C(O)C1(Cc2ncn[nH]2)CCC1. The summed E-state index contributed by atoms with van der Waals surface area (Å²) in [5.74, 6) is -0.0442. The average Bonchev–Trinajstić information content (AvgIpc) is 2.47. The van der Waals surface area contributed by atoms with Gasteiger partial charge in [-0.3, -0.25) is 9.89 Å².